The van der Waals surface area contributed by atoms with Crippen LogP contribution >= 0.6 is 0 Å². The third kappa shape index (κ3) is 2.97. The summed E-state index contributed by atoms with van der Waals surface area (Å²) in [5.74, 6) is 0. The molecular formula is C14H22N2O3S. The summed E-state index contributed by atoms with van der Waals surface area (Å²) in [5, 5.41) is 9.91. The SMILES string of the molecule is Cc1ccc(N)c(S(=O)(=O)N[C@H]2CCCC[C@@H]2O)c1C. The molecule has 0 amide bonds. The van der Waals surface area contributed by atoms with Crippen LogP contribution in [0.1, 0.15) is 36.8 Å². The number of nitrogen functional groups attached to an aromatic ring is 1. The predicted octanol–water partition coefficient (Wildman–Crippen LogP) is 1.47. The number of hydrogen-bond acceptors (Lipinski definition) is 4. The monoisotopic (exact) mass is 298 g/mol. The van der Waals surface area contributed by atoms with Crippen molar-refractivity contribution >= 4 is 15.7 Å². The second-order valence-corrected chi connectivity index (χ2v) is 7.16. The van der Waals surface area contributed by atoms with E-state index in [1.807, 2.05) is 6.92 Å². The third-order valence-corrected chi connectivity index (χ3v) is 5.70. The summed E-state index contributed by atoms with van der Waals surface area (Å²) in [6.45, 7) is 3.60. The molecule has 2 atom stereocenters. The second-order valence-electron chi connectivity index (χ2n) is 5.51. The van der Waals surface area contributed by atoms with E-state index in [2.05, 4.69) is 4.72 Å². The smallest absolute Gasteiger partial charge is 0.243 e. The van der Waals surface area contributed by atoms with E-state index < -0.39 is 22.2 Å². The molecule has 1 aliphatic carbocycles. The number of nitrogens with two attached hydrogens (primary N) is 1. The molecule has 4 N–H and O–H groups in total. The summed E-state index contributed by atoms with van der Waals surface area (Å²) in [6.07, 6.45) is 2.53. The summed E-state index contributed by atoms with van der Waals surface area (Å²) in [4.78, 5) is 0.135. The van der Waals surface area contributed by atoms with Crippen molar-refractivity contribution in [3.63, 3.8) is 0 Å². The van der Waals surface area contributed by atoms with Crippen LogP contribution in [0.2, 0.25) is 0 Å². The Morgan fingerprint density at radius 2 is 1.90 bits per heavy atom. The van der Waals surface area contributed by atoms with Crippen LogP contribution in [0.5, 0.6) is 0 Å². The van der Waals surface area contributed by atoms with Gasteiger partial charge < -0.3 is 10.8 Å². The Bertz CT molecular complexity index is 599. The molecule has 0 aliphatic heterocycles. The quantitative estimate of drug-likeness (QED) is 0.737. The van der Waals surface area contributed by atoms with Crippen molar-refractivity contribution in [3.05, 3.63) is 23.3 Å². The van der Waals surface area contributed by atoms with Crippen molar-refractivity contribution in [1.82, 2.24) is 4.72 Å². The highest BCUT2D eigenvalue weighted by Crippen LogP contribution is 2.27. The van der Waals surface area contributed by atoms with Crippen LogP contribution < -0.4 is 10.5 Å². The number of sulfonamides is 1. The predicted molar refractivity (Wildman–Crippen MR) is 78.9 cm³/mol. The van der Waals surface area contributed by atoms with Crippen LogP contribution in [0.4, 0.5) is 5.69 Å². The van der Waals surface area contributed by atoms with Crippen molar-refractivity contribution in [1.29, 1.82) is 0 Å². The largest absolute Gasteiger partial charge is 0.398 e. The van der Waals surface area contributed by atoms with Crippen molar-refractivity contribution in [2.24, 2.45) is 0 Å². The fourth-order valence-electron chi connectivity index (χ4n) is 2.67. The second kappa shape index (κ2) is 5.71. The fourth-order valence-corrected chi connectivity index (χ4v) is 4.41. The van der Waals surface area contributed by atoms with Gasteiger partial charge in [-0.2, -0.15) is 0 Å². The van der Waals surface area contributed by atoms with Crippen LogP contribution in [0.3, 0.4) is 0 Å². The fraction of sp³-hybridized carbons (Fsp3) is 0.571. The summed E-state index contributed by atoms with van der Waals surface area (Å²) in [6, 6.07) is 2.99. The van der Waals surface area contributed by atoms with E-state index in [0.29, 0.717) is 18.4 Å². The number of hydrogen-bond donors (Lipinski definition) is 3. The summed E-state index contributed by atoms with van der Waals surface area (Å²) < 4.78 is 27.7. The van der Waals surface area contributed by atoms with Gasteiger partial charge in [0.15, 0.2) is 0 Å². The molecule has 6 heteroatoms. The molecular weight excluding hydrogens is 276 g/mol. The average molecular weight is 298 g/mol. The van der Waals surface area contributed by atoms with Gasteiger partial charge >= 0.3 is 0 Å². The number of anilines is 1. The number of aryl methyl sites for hydroxylation is 1. The average Bonchev–Trinajstić information content (AvgIpc) is 2.37. The zero-order valence-electron chi connectivity index (χ0n) is 11.9. The number of aliphatic hydroxyl groups excluding tert-OH is 1. The van der Waals surface area contributed by atoms with E-state index in [-0.39, 0.29) is 10.6 Å². The molecule has 5 nitrogen and oxygen atoms in total. The van der Waals surface area contributed by atoms with Gasteiger partial charge in [0, 0.05) is 6.04 Å². The van der Waals surface area contributed by atoms with Crippen LogP contribution in [-0.4, -0.2) is 25.7 Å². The Labute approximate surface area is 120 Å². The topological polar surface area (TPSA) is 92.4 Å². The Morgan fingerprint density at radius 1 is 1.25 bits per heavy atom. The zero-order valence-corrected chi connectivity index (χ0v) is 12.7. The van der Waals surface area contributed by atoms with Crippen LogP contribution in [0, 0.1) is 13.8 Å². The maximum atomic E-state index is 12.5. The molecule has 1 saturated carbocycles. The lowest BCUT2D eigenvalue weighted by molar-refractivity contribution is 0.101. The van der Waals surface area contributed by atoms with E-state index in [1.54, 1.807) is 19.1 Å². The van der Waals surface area contributed by atoms with Crippen LogP contribution in [0.15, 0.2) is 17.0 Å². The standard InChI is InChI=1S/C14H22N2O3S/c1-9-7-8-11(15)14(10(9)2)20(18,19)16-12-5-3-4-6-13(12)17/h7-8,12-13,16-17H,3-6,15H2,1-2H3/t12-,13-/m0/s1. The lowest BCUT2D eigenvalue weighted by atomic mass is 9.93. The van der Waals surface area contributed by atoms with Crippen molar-refractivity contribution in [3.8, 4) is 0 Å². The minimum absolute atomic E-state index is 0.135. The highest BCUT2D eigenvalue weighted by Gasteiger charge is 2.30. The van der Waals surface area contributed by atoms with E-state index in [9.17, 15) is 13.5 Å². The Morgan fingerprint density at radius 3 is 2.55 bits per heavy atom. The van der Waals surface area contributed by atoms with E-state index in [0.717, 1.165) is 18.4 Å². The van der Waals surface area contributed by atoms with Crippen LogP contribution in [-0.2, 0) is 10.0 Å². The molecule has 1 aromatic carbocycles. The van der Waals surface area contributed by atoms with Crippen molar-refractivity contribution in [2.45, 2.75) is 56.6 Å². The van der Waals surface area contributed by atoms with Crippen LogP contribution in [0.25, 0.3) is 0 Å². The van der Waals surface area contributed by atoms with Gasteiger partial charge in [-0.1, -0.05) is 18.9 Å². The molecule has 1 aliphatic rings. The van der Waals surface area contributed by atoms with Gasteiger partial charge in [-0.3, -0.25) is 0 Å². The van der Waals surface area contributed by atoms with Gasteiger partial charge in [0.2, 0.25) is 10.0 Å². The summed E-state index contributed by atoms with van der Waals surface area (Å²) in [5.41, 5.74) is 7.61. The Balaban J connectivity index is 2.33. The van der Waals surface area contributed by atoms with E-state index in [4.69, 9.17) is 5.73 Å². The maximum absolute atomic E-state index is 12.5. The Kier molecular flexibility index (Phi) is 4.36. The van der Waals surface area contributed by atoms with E-state index >= 15 is 0 Å². The molecule has 0 saturated heterocycles. The van der Waals surface area contributed by atoms with E-state index in [1.165, 1.54) is 0 Å². The number of benzene rings is 1. The first-order chi connectivity index (χ1) is 9.33. The molecule has 0 heterocycles. The first-order valence-corrected chi connectivity index (χ1v) is 8.37. The lowest BCUT2D eigenvalue weighted by Gasteiger charge is -2.28. The highest BCUT2D eigenvalue weighted by atomic mass is 32.2. The zero-order chi connectivity index (χ0) is 14.9. The van der Waals surface area contributed by atoms with Crippen molar-refractivity contribution in [2.75, 3.05) is 5.73 Å². The normalized spacial score (nSPS) is 23.8. The van der Waals surface area contributed by atoms with Crippen molar-refractivity contribution < 1.29 is 13.5 Å². The molecule has 0 bridgehead atoms. The number of nitrogens with one attached hydrogen (secondary N) is 1. The molecule has 20 heavy (non-hydrogen) atoms. The third-order valence-electron chi connectivity index (χ3n) is 4.01. The number of aliphatic hydroxyl groups is 1. The van der Waals surface area contributed by atoms with Gasteiger partial charge in [0.1, 0.15) is 4.90 Å². The molecule has 1 aromatic rings. The minimum Gasteiger partial charge on any atom is -0.398 e. The molecule has 0 unspecified atom stereocenters. The summed E-state index contributed by atoms with van der Waals surface area (Å²) in [7, 11) is -3.71. The first-order valence-electron chi connectivity index (χ1n) is 6.89. The van der Waals surface area contributed by atoms with Gasteiger partial charge in [-0.15, -0.1) is 0 Å². The molecule has 112 valence electrons. The van der Waals surface area contributed by atoms with Gasteiger partial charge in [0.25, 0.3) is 0 Å². The minimum atomic E-state index is -3.71. The molecule has 0 spiro atoms. The number of rotatable bonds is 3. The van der Waals surface area contributed by atoms with Gasteiger partial charge in [-0.05, 0) is 43.9 Å². The first kappa shape index (κ1) is 15.3. The molecule has 2 rings (SSSR count). The van der Waals surface area contributed by atoms with Gasteiger partial charge in [-0.25, -0.2) is 13.1 Å². The molecule has 1 fully saturated rings. The summed E-state index contributed by atoms with van der Waals surface area (Å²) >= 11 is 0. The lowest BCUT2D eigenvalue weighted by Crippen LogP contribution is -2.45. The Hall–Kier alpha value is -1.11. The highest BCUT2D eigenvalue weighted by molar-refractivity contribution is 7.89. The van der Waals surface area contributed by atoms with Gasteiger partial charge in [0.05, 0.1) is 11.8 Å². The molecule has 0 radical (unpaired) electrons. The maximum Gasteiger partial charge on any atom is 0.243 e. The molecule has 0 aromatic heterocycles.